The molecular formula is C15H18ClN3O3. The van der Waals surface area contributed by atoms with E-state index in [0.717, 1.165) is 17.7 Å². The molecule has 0 spiro atoms. The maximum atomic E-state index is 12.1. The fraction of sp³-hybridized carbons (Fsp3) is 0.400. The largest absolute Gasteiger partial charge is 0.350 e. The van der Waals surface area contributed by atoms with Crippen LogP contribution < -0.4 is 11.1 Å². The quantitative estimate of drug-likeness (QED) is 0.774. The fourth-order valence-corrected chi connectivity index (χ4v) is 2.65. The smallest absolute Gasteiger partial charge is 0.262 e. The summed E-state index contributed by atoms with van der Waals surface area (Å²) in [5.74, 6) is -0.740. The van der Waals surface area contributed by atoms with E-state index in [1.807, 2.05) is 0 Å². The molecule has 1 saturated carbocycles. The van der Waals surface area contributed by atoms with Crippen LogP contribution in [-0.2, 0) is 4.79 Å². The highest BCUT2D eigenvalue weighted by molar-refractivity contribution is 6.22. The van der Waals surface area contributed by atoms with Gasteiger partial charge in [-0.25, -0.2) is 0 Å². The summed E-state index contributed by atoms with van der Waals surface area (Å²) < 4.78 is 0. The van der Waals surface area contributed by atoms with Crippen molar-refractivity contribution in [3.63, 3.8) is 0 Å². The zero-order chi connectivity index (χ0) is 15.0. The van der Waals surface area contributed by atoms with Crippen LogP contribution in [0.1, 0.15) is 33.6 Å². The Hall–Kier alpha value is -1.92. The molecule has 3 amide bonds. The average Bonchev–Trinajstić information content (AvgIpc) is 3.30. The Morgan fingerprint density at radius 2 is 1.77 bits per heavy atom. The summed E-state index contributed by atoms with van der Waals surface area (Å²) >= 11 is 0. The second-order valence-electron chi connectivity index (χ2n) is 5.49. The predicted octanol–water partition coefficient (Wildman–Crippen LogP) is 0.558. The Balaban J connectivity index is 0.00000176. The van der Waals surface area contributed by atoms with Gasteiger partial charge in [-0.05, 0) is 30.9 Å². The van der Waals surface area contributed by atoms with Gasteiger partial charge in [-0.15, -0.1) is 12.4 Å². The van der Waals surface area contributed by atoms with Crippen LogP contribution in [0.5, 0.6) is 0 Å². The number of amides is 3. The summed E-state index contributed by atoms with van der Waals surface area (Å²) in [7, 11) is 0. The molecule has 1 aliphatic heterocycles. The molecule has 0 aromatic heterocycles. The number of carbonyl (C=O) groups is 3. The van der Waals surface area contributed by atoms with Crippen LogP contribution in [-0.4, -0.2) is 41.8 Å². The molecule has 0 bridgehead atoms. The van der Waals surface area contributed by atoms with Crippen molar-refractivity contribution in [3.8, 4) is 0 Å². The summed E-state index contributed by atoms with van der Waals surface area (Å²) in [6.07, 6.45) is 2.13. The molecule has 7 heteroatoms. The van der Waals surface area contributed by atoms with E-state index in [1.54, 1.807) is 24.3 Å². The van der Waals surface area contributed by atoms with Crippen molar-refractivity contribution in [2.75, 3.05) is 13.1 Å². The molecule has 1 unspecified atom stereocenters. The molecule has 1 atom stereocenters. The number of nitrogens with one attached hydrogen (secondary N) is 1. The first-order chi connectivity index (χ1) is 10.1. The van der Waals surface area contributed by atoms with Crippen LogP contribution in [0.4, 0.5) is 0 Å². The van der Waals surface area contributed by atoms with Crippen LogP contribution in [0.15, 0.2) is 24.3 Å². The molecule has 118 valence electrons. The molecule has 2 aliphatic rings. The Morgan fingerprint density at radius 3 is 2.23 bits per heavy atom. The highest BCUT2D eigenvalue weighted by Crippen LogP contribution is 2.32. The molecule has 0 saturated heterocycles. The topological polar surface area (TPSA) is 92.5 Å². The Morgan fingerprint density at radius 1 is 1.23 bits per heavy atom. The average molecular weight is 324 g/mol. The van der Waals surface area contributed by atoms with Crippen LogP contribution in [0.25, 0.3) is 0 Å². The zero-order valence-corrected chi connectivity index (χ0v) is 12.8. The van der Waals surface area contributed by atoms with E-state index in [-0.39, 0.29) is 30.9 Å². The Bertz CT molecular complexity index is 581. The van der Waals surface area contributed by atoms with Gasteiger partial charge in [0.1, 0.15) is 6.54 Å². The van der Waals surface area contributed by atoms with Gasteiger partial charge in [0.15, 0.2) is 0 Å². The van der Waals surface area contributed by atoms with E-state index in [4.69, 9.17) is 5.73 Å². The molecule has 1 aromatic rings. The van der Waals surface area contributed by atoms with Crippen molar-refractivity contribution in [2.45, 2.75) is 18.9 Å². The lowest BCUT2D eigenvalue weighted by molar-refractivity contribution is -0.122. The van der Waals surface area contributed by atoms with E-state index in [0.29, 0.717) is 23.6 Å². The van der Waals surface area contributed by atoms with Crippen LogP contribution in [0.3, 0.4) is 0 Å². The summed E-state index contributed by atoms with van der Waals surface area (Å²) in [6.45, 7) is 0.119. The van der Waals surface area contributed by atoms with Gasteiger partial charge >= 0.3 is 0 Å². The molecule has 22 heavy (non-hydrogen) atoms. The maximum Gasteiger partial charge on any atom is 0.262 e. The second kappa shape index (κ2) is 6.46. The number of rotatable bonds is 5. The molecule has 6 nitrogen and oxygen atoms in total. The highest BCUT2D eigenvalue weighted by atomic mass is 35.5. The SMILES string of the molecule is Cl.NCC(NC(=O)CN1C(=O)c2ccccc2C1=O)C1CC1. The number of hydrogen-bond donors (Lipinski definition) is 2. The van der Waals surface area contributed by atoms with Crippen molar-refractivity contribution in [2.24, 2.45) is 11.7 Å². The second-order valence-corrected chi connectivity index (χ2v) is 5.49. The van der Waals surface area contributed by atoms with Crippen molar-refractivity contribution in [1.82, 2.24) is 10.2 Å². The van der Waals surface area contributed by atoms with E-state index < -0.39 is 11.8 Å². The number of nitrogens with zero attached hydrogens (tertiary/aromatic N) is 1. The molecular weight excluding hydrogens is 306 g/mol. The lowest BCUT2D eigenvalue weighted by Crippen LogP contribution is -2.47. The Labute approximate surface area is 134 Å². The summed E-state index contributed by atoms with van der Waals surface area (Å²) in [4.78, 5) is 37.3. The molecule has 1 fully saturated rings. The van der Waals surface area contributed by atoms with Crippen molar-refractivity contribution < 1.29 is 14.4 Å². The normalized spacial score (nSPS) is 17.8. The first kappa shape index (κ1) is 16.5. The fourth-order valence-electron chi connectivity index (χ4n) is 2.65. The number of halogens is 1. The zero-order valence-electron chi connectivity index (χ0n) is 12.0. The number of fused-ring (bicyclic) bond motifs is 1. The number of imide groups is 1. The number of hydrogen-bond acceptors (Lipinski definition) is 4. The van der Waals surface area contributed by atoms with Gasteiger partial charge in [0, 0.05) is 12.6 Å². The number of benzene rings is 1. The van der Waals surface area contributed by atoms with Crippen molar-refractivity contribution in [1.29, 1.82) is 0 Å². The number of carbonyl (C=O) groups excluding carboxylic acids is 3. The lowest BCUT2D eigenvalue weighted by atomic mass is 10.1. The number of nitrogens with two attached hydrogens (primary N) is 1. The summed E-state index contributed by atoms with van der Waals surface area (Å²) in [5, 5.41) is 2.81. The molecule has 1 heterocycles. The third-order valence-electron chi connectivity index (χ3n) is 3.97. The van der Waals surface area contributed by atoms with Gasteiger partial charge in [0.25, 0.3) is 11.8 Å². The molecule has 1 aliphatic carbocycles. The monoisotopic (exact) mass is 323 g/mol. The lowest BCUT2D eigenvalue weighted by Gasteiger charge is -2.19. The highest BCUT2D eigenvalue weighted by Gasteiger charge is 2.37. The standard InChI is InChI=1S/C15H17N3O3.ClH/c16-7-12(9-5-6-9)17-13(19)8-18-14(20)10-3-1-2-4-11(10)15(18)21;/h1-4,9,12H,5-8,16H2,(H,17,19);1H. The first-order valence-corrected chi connectivity index (χ1v) is 7.06. The molecule has 3 rings (SSSR count). The Kier molecular flexibility index (Phi) is 4.83. The first-order valence-electron chi connectivity index (χ1n) is 7.06. The van der Waals surface area contributed by atoms with Gasteiger partial charge in [0.2, 0.25) is 5.91 Å². The minimum atomic E-state index is -0.415. The summed E-state index contributed by atoms with van der Waals surface area (Å²) in [5.41, 5.74) is 6.34. The van der Waals surface area contributed by atoms with Gasteiger partial charge in [0.05, 0.1) is 11.1 Å². The van der Waals surface area contributed by atoms with Crippen LogP contribution in [0, 0.1) is 5.92 Å². The summed E-state index contributed by atoms with van der Waals surface area (Å²) in [6, 6.07) is 6.53. The van der Waals surface area contributed by atoms with Gasteiger partial charge in [-0.2, -0.15) is 0 Å². The van der Waals surface area contributed by atoms with Gasteiger partial charge in [-0.3, -0.25) is 19.3 Å². The predicted molar refractivity (Wildman–Crippen MR) is 82.8 cm³/mol. The van der Waals surface area contributed by atoms with E-state index in [9.17, 15) is 14.4 Å². The van der Waals surface area contributed by atoms with Gasteiger partial charge < -0.3 is 11.1 Å². The van der Waals surface area contributed by atoms with E-state index >= 15 is 0 Å². The maximum absolute atomic E-state index is 12.1. The minimum absolute atomic E-state index is 0. The third kappa shape index (κ3) is 2.98. The molecule has 1 aromatic carbocycles. The van der Waals surface area contributed by atoms with Crippen LogP contribution >= 0.6 is 12.4 Å². The van der Waals surface area contributed by atoms with Crippen molar-refractivity contribution in [3.05, 3.63) is 35.4 Å². The minimum Gasteiger partial charge on any atom is -0.350 e. The third-order valence-corrected chi connectivity index (χ3v) is 3.97. The van der Waals surface area contributed by atoms with Gasteiger partial charge in [-0.1, -0.05) is 12.1 Å². The van der Waals surface area contributed by atoms with Crippen molar-refractivity contribution >= 4 is 30.1 Å². The molecule has 3 N–H and O–H groups in total. The van der Waals surface area contributed by atoms with E-state index in [1.165, 1.54) is 0 Å². The van der Waals surface area contributed by atoms with E-state index in [2.05, 4.69) is 5.32 Å². The van der Waals surface area contributed by atoms with Crippen LogP contribution in [0.2, 0.25) is 0 Å². The molecule has 0 radical (unpaired) electrons.